The van der Waals surface area contributed by atoms with Gasteiger partial charge in [0.2, 0.25) is 11.8 Å². The number of nitrogens with zero attached hydrogens (tertiary/aromatic N) is 2. The number of hydrogen-bond donors (Lipinski definition) is 2. The zero-order valence-electron chi connectivity index (χ0n) is 12.0. The van der Waals surface area contributed by atoms with Crippen molar-refractivity contribution in [3.63, 3.8) is 0 Å². The van der Waals surface area contributed by atoms with E-state index in [9.17, 15) is 9.59 Å². The molecule has 3 N–H and O–H groups in total. The van der Waals surface area contributed by atoms with Gasteiger partial charge in [-0.05, 0) is 25.0 Å². The van der Waals surface area contributed by atoms with Gasteiger partial charge >= 0.3 is 0 Å². The summed E-state index contributed by atoms with van der Waals surface area (Å²) in [5, 5.41) is 2.68. The van der Waals surface area contributed by atoms with Crippen LogP contribution in [0, 0.1) is 0 Å². The van der Waals surface area contributed by atoms with Crippen molar-refractivity contribution < 1.29 is 9.59 Å². The number of anilines is 2. The van der Waals surface area contributed by atoms with Crippen molar-refractivity contribution in [2.24, 2.45) is 5.73 Å². The molecule has 1 fully saturated rings. The summed E-state index contributed by atoms with van der Waals surface area (Å²) < 4.78 is 0. The number of carbonyl (C=O) groups excluding carboxylic acids is 2. The van der Waals surface area contributed by atoms with Crippen LogP contribution in [0.25, 0.3) is 0 Å². The average Bonchev–Trinajstić information content (AvgIpc) is 2.86. The Kier molecular flexibility index (Phi) is 6.58. The Morgan fingerprint density at radius 3 is 2.81 bits per heavy atom. The van der Waals surface area contributed by atoms with E-state index in [4.69, 9.17) is 5.73 Å². The topological polar surface area (TPSA) is 88.3 Å². The predicted octanol–water partition coefficient (Wildman–Crippen LogP) is 1.70. The highest BCUT2D eigenvalue weighted by Gasteiger charge is 2.22. The van der Waals surface area contributed by atoms with Crippen molar-refractivity contribution >= 4 is 35.7 Å². The van der Waals surface area contributed by atoms with Crippen LogP contribution in [0.3, 0.4) is 0 Å². The van der Waals surface area contributed by atoms with Gasteiger partial charge in [-0.25, -0.2) is 4.98 Å². The Morgan fingerprint density at radius 1 is 1.52 bits per heavy atom. The van der Waals surface area contributed by atoms with Crippen LogP contribution in [0.1, 0.15) is 32.6 Å². The Morgan fingerprint density at radius 2 is 2.29 bits per heavy atom. The number of pyridine rings is 1. The molecule has 21 heavy (non-hydrogen) atoms. The number of hydrogen-bond acceptors (Lipinski definition) is 4. The standard InChI is InChI=1S/C14H20N4O2.ClH/c1-2-4-11(15)14(20)17-12-7-6-10(9-16-12)18-8-3-5-13(18)19;/h6-7,9,11H,2-5,8,15H2,1H3,(H,16,17,20);1H. The minimum absolute atomic E-state index is 0. The van der Waals surface area contributed by atoms with Gasteiger partial charge in [-0.1, -0.05) is 13.3 Å². The van der Waals surface area contributed by atoms with E-state index in [0.29, 0.717) is 18.7 Å². The molecule has 7 heteroatoms. The van der Waals surface area contributed by atoms with E-state index < -0.39 is 6.04 Å². The van der Waals surface area contributed by atoms with Crippen molar-refractivity contribution in [2.75, 3.05) is 16.8 Å². The Hall–Kier alpha value is -1.66. The lowest BCUT2D eigenvalue weighted by molar-refractivity contribution is -0.118. The number of carbonyl (C=O) groups is 2. The highest BCUT2D eigenvalue weighted by atomic mass is 35.5. The number of rotatable bonds is 5. The predicted molar refractivity (Wildman–Crippen MR) is 84.6 cm³/mol. The molecular formula is C14H21ClN4O2. The third kappa shape index (κ3) is 4.41. The Labute approximate surface area is 130 Å². The van der Waals surface area contributed by atoms with Crippen LogP contribution < -0.4 is 16.0 Å². The lowest BCUT2D eigenvalue weighted by Gasteiger charge is -2.16. The lowest BCUT2D eigenvalue weighted by atomic mass is 10.2. The molecule has 2 heterocycles. The fourth-order valence-electron chi connectivity index (χ4n) is 2.20. The van der Waals surface area contributed by atoms with Gasteiger partial charge in [0, 0.05) is 13.0 Å². The van der Waals surface area contributed by atoms with Crippen LogP contribution >= 0.6 is 12.4 Å². The molecule has 0 aromatic carbocycles. The van der Waals surface area contributed by atoms with Crippen molar-refractivity contribution in [3.8, 4) is 0 Å². The van der Waals surface area contributed by atoms with Crippen LogP contribution in [0.2, 0.25) is 0 Å². The number of nitrogens with two attached hydrogens (primary N) is 1. The number of halogens is 1. The fourth-order valence-corrected chi connectivity index (χ4v) is 2.20. The molecular weight excluding hydrogens is 292 g/mol. The number of aromatic nitrogens is 1. The molecule has 1 unspecified atom stereocenters. The highest BCUT2D eigenvalue weighted by molar-refractivity contribution is 5.96. The maximum absolute atomic E-state index is 11.8. The third-order valence-electron chi connectivity index (χ3n) is 3.32. The van der Waals surface area contributed by atoms with E-state index >= 15 is 0 Å². The van der Waals surface area contributed by atoms with Crippen molar-refractivity contribution in [1.82, 2.24) is 4.98 Å². The van der Waals surface area contributed by atoms with Crippen LogP contribution in [0.15, 0.2) is 18.3 Å². The molecule has 1 atom stereocenters. The molecule has 0 spiro atoms. The van der Waals surface area contributed by atoms with Crippen LogP contribution in [0.4, 0.5) is 11.5 Å². The van der Waals surface area contributed by atoms with Crippen molar-refractivity contribution in [3.05, 3.63) is 18.3 Å². The molecule has 0 radical (unpaired) electrons. The number of nitrogens with one attached hydrogen (secondary N) is 1. The quantitative estimate of drug-likeness (QED) is 0.866. The summed E-state index contributed by atoms with van der Waals surface area (Å²) >= 11 is 0. The summed E-state index contributed by atoms with van der Waals surface area (Å²) in [6.07, 6.45) is 4.57. The SMILES string of the molecule is CCCC(N)C(=O)Nc1ccc(N2CCCC2=O)cn1.Cl. The van der Waals surface area contributed by atoms with E-state index in [-0.39, 0.29) is 24.2 Å². The summed E-state index contributed by atoms with van der Waals surface area (Å²) in [6.45, 7) is 2.71. The molecule has 0 saturated carbocycles. The molecule has 0 bridgehead atoms. The van der Waals surface area contributed by atoms with Gasteiger partial charge in [-0.15, -0.1) is 12.4 Å². The summed E-state index contributed by atoms with van der Waals surface area (Å²) in [6, 6.07) is 2.97. The lowest BCUT2D eigenvalue weighted by Crippen LogP contribution is -2.35. The maximum atomic E-state index is 11.8. The zero-order chi connectivity index (χ0) is 14.5. The van der Waals surface area contributed by atoms with E-state index in [1.54, 1.807) is 23.2 Å². The summed E-state index contributed by atoms with van der Waals surface area (Å²) in [5.74, 6) is 0.342. The van der Waals surface area contributed by atoms with Gasteiger partial charge in [0.25, 0.3) is 0 Å². The van der Waals surface area contributed by atoms with Gasteiger partial charge in [0.05, 0.1) is 17.9 Å². The van der Waals surface area contributed by atoms with Crippen molar-refractivity contribution in [2.45, 2.75) is 38.6 Å². The molecule has 1 aliphatic heterocycles. The van der Waals surface area contributed by atoms with E-state index in [1.807, 2.05) is 6.92 Å². The first-order valence-corrected chi connectivity index (χ1v) is 6.94. The second kappa shape index (κ2) is 7.95. The molecule has 2 rings (SSSR count). The second-order valence-corrected chi connectivity index (χ2v) is 4.93. The molecule has 1 aliphatic rings. The molecule has 116 valence electrons. The largest absolute Gasteiger partial charge is 0.320 e. The van der Waals surface area contributed by atoms with E-state index in [1.165, 1.54) is 0 Å². The van der Waals surface area contributed by atoms with E-state index in [2.05, 4.69) is 10.3 Å². The zero-order valence-corrected chi connectivity index (χ0v) is 12.9. The maximum Gasteiger partial charge on any atom is 0.242 e. The monoisotopic (exact) mass is 312 g/mol. The van der Waals surface area contributed by atoms with Crippen molar-refractivity contribution in [1.29, 1.82) is 0 Å². The second-order valence-electron chi connectivity index (χ2n) is 4.93. The molecule has 2 amide bonds. The summed E-state index contributed by atoms with van der Waals surface area (Å²) in [7, 11) is 0. The van der Waals surface area contributed by atoms with Gasteiger partial charge in [-0.3, -0.25) is 9.59 Å². The average molecular weight is 313 g/mol. The Balaban J connectivity index is 0.00000220. The molecule has 1 aromatic heterocycles. The summed E-state index contributed by atoms with van der Waals surface area (Å²) in [4.78, 5) is 29.2. The smallest absolute Gasteiger partial charge is 0.242 e. The minimum Gasteiger partial charge on any atom is -0.320 e. The molecule has 6 nitrogen and oxygen atoms in total. The minimum atomic E-state index is -0.512. The van der Waals surface area contributed by atoms with Crippen LogP contribution in [0.5, 0.6) is 0 Å². The summed E-state index contributed by atoms with van der Waals surface area (Å²) in [5.41, 5.74) is 6.50. The van der Waals surface area contributed by atoms with Crippen LogP contribution in [-0.4, -0.2) is 29.4 Å². The van der Waals surface area contributed by atoms with Gasteiger partial charge in [-0.2, -0.15) is 0 Å². The third-order valence-corrected chi connectivity index (χ3v) is 3.32. The van der Waals surface area contributed by atoms with Gasteiger partial charge in [0.15, 0.2) is 0 Å². The molecule has 1 aromatic rings. The highest BCUT2D eigenvalue weighted by Crippen LogP contribution is 2.21. The van der Waals surface area contributed by atoms with Crippen LogP contribution in [-0.2, 0) is 9.59 Å². The first-order valence-electron chi connectivity index (χ1n) is 6.94. The Bertz CT molecular complexity index is 492. The molecule has 1 saturated heterocycles. The first kappa shape index (κ1) is 17.4. The number of amides is 2. The van der Waals surface area contributed by atoms with E-state index in [0.717, 1.165) is 25.1 Å². The molecule has 0 aliphatic carbocycles. The fraction of sp³-hybridized carbons (Fsp3) is 0.500. The van der Waals surface area contributed by atoms with Gasteiger partial charge < -0.3 is 16.0 Å². The first-order chi connectivity index (χ1) is 9.61. The van der Waals surface area contributed by atoms with Gasteiger partial charge in [0.1, 0.15) is 5.82 Å². The normalized spacial score (nSPS) is 15.5.